The van der Waals surface area contributed by atoms with E-state index in [0.717, 1.165) is 5.39 Å². The number of methoxy groups -OCH3 is 1. The van der Waals surface area contributed by atoms with Crippen molar-refractivity contribution in [3.05, 3.63) is 126 Å². The van der Waals surface area contributed by atoms with Gasteiger partial charge in [0.15, 0.2) is 17.3 Å². The molecule has 0 N–H and O–H groups in total. The molecule has 0 aliphatic carbocycles. The van der Waals surface area contributed by atoms with Gasteiger partial charge in [-0.3, -0.25) is 14.9 Å². The van der Waals surface area contributed by atoms with E-state index in [1.165, 1.54) is 30.1 Å². The fraction of sp³-hybridized carbons (Fsp3) is 0.0645. The van der Waals surface area contributed by atoms with Gasteiger partial charge in [0.05, 0.1) is 29.2 Å². The van der Waals surface area contributed by atoms with Crippen LogP contribution in [0.3, 0.4) is 0 Å². The Morgan fingerprint density at radius 2 is 1.93 bits per heavy atom. The van der Waals surface area contributed by atoms with E-state index >= 15 is 0 Å². The van der Waals surface area contributed by atoms with E-state index in [-0.39, 0.29) is 18.1 Å². The highest BCUT2D eigenvalue weighted by Crippen LogP contribution is 2.35. The largest absolute Gasteiger partial charge is 0.493 e. The van der Waals surface area contributed by atoms with Crippen LogP contribution in [0.4, 0.5) is 5.69 Å². The van der Waals surface area contributed by atoms with Gasteiger partial charge < -0.3 is 13.9 Å². The number of ether oxygens (including phenoxy) is 2. The molecular formula is C31H20BrClN4O6. The first kappa shape index (κ1) is 28.1. The molecule has 0 bridgehead atoms. The van der Waals surface area contributed by atoms with E-state index in [4.69, 9.17) is 30.5 Å². The van der Waals surface area contributed by atoms with Gasteiger partial charge in [-0.05, 0) is 54.1 Å². The molecule has 4 aromatic carbocycles. The number of hydrogen-bond acceptors (Lipinski definition) is 8. The summed E-state index contributed by atoms with van der Waals surface area (Å²) in [5.74, 6) is 1.22. The minimum absolute atomic E-state index is 0.0186. The van der Waals surface area contributed by atoms with Crippen LogP contribution in [0, 0.1) is 10.1 Å². The Labute approximate surface area is 257 Å². The Bertz CT molecular complexity index is 2120. The van der Waals surface area contributed by atoms with Crippen LogP contribution in [0.5, 0.6) is 11.5 Å². The summed E-state index contributed by atoms with van der Waals surface area (Å²) < 4.78 is 19.5. The minimum atomic E-state index is -0.467. The van der Waals surface area contributed by atoms with Crippen LogP contribution in [0.2, 0.25) is 5.02 Å². The lowest BCUT2D eigenvalue weighted by Crippen LogP contribution is -2.20. The molecule has 0 radical (unpaired) electrons. The molecule has 0 aliphatic heterocycles. The molecule has 12 heteroatoms. The van der Waals surface area contributed by atoms with Crippen LogP contribution in [-0.4, -0.2) is 27.9 Å². The zero-order valence-electron chi connectivity index (χ0n) is 22.4. The first-order valence-corrected chi connectivity index (χ1v) is 14.0. The Kier molecular flexibility index (Phi) is 7.66. The number of rotatable bonds is 8. The lowest BCUT2D eigenvalue weighted by Gasteiger charge is -2.14. The number of halogens is 2. The normalized spacial score (nSPS) is 11.4. The predicted octanol–water partition coefficient (Wildman–Crippen LogP) is 7.60. The first-order valence-electron chi connectivity index (χ1n) is 12.8. The van der Waals surface area contributed by atoms with Gasteiger partial charge in [0, 0.05) is 32.6 Å². The number of furan rings is 1. The van der Waals surface area contributed by atoms with Crippen LogP contribution in [0.15, 0.2) is 104 Å². The van der Waals surface area contributed by atoms with Crippen LogP contribution in [0.1, 0.15) is 11.1 Å². The van der Waals surface area contributed by atoms with Crippen molar-refractivity contribution in [1.29, 1.82) is 0 Å². The van der Waals surface area contributed by atoms with E-state index in [1.54, 1.807) is 72.8 Å². The van der Waals surface area contributed by atoms with Crippen molar-refractivity contribution < 1.29 is 18.8 Å². The molecule has 0 atom stereocenters. The number of aromatic nitrogens is 2. The SMILES string of the molecule is COc1cc(Br)cc(C=Nn2c(-c3cc4cc(Cl)ccc4o3)nc3ccccc3c2=O)c1OCc1cccc([N+](=O)[O-])c1. The Morgan fingerprint density at radius 3 is 2.74 bits per heavy atom. The summed E-state index contributed by atoms with van der Waals surface area (Å²) in [6.45, 7) is 0.0186. The zero-order chi connectivity index (χ0) is 30.1. The van der Waals surface area contributed by atoms with E-state index in [2.05, 4.69) is 21.0 Å². The van der Waals surface area contributed by atoms with Crippen LogP contribution in [-0.2, 0) is 6.61 Å². The molecular weight excluding hydrogens is 640 g/mol. The second-order valence-corrected chi connectivity index (χ2v) is 10.7. The quantitative estimate of drug-likeness (QED) is 0.0937. The number of non-ortho nitro benzene ring substituents is 1. The van der Waals surface area contributed by atoms with Gasteiger partial charge in [-0.1, -0.05) is 51.8 Å². The summed E-state index contributed by atoms with van der Waals surface area (Å²) in [6.07, 6.45) is 1.46. The van der Waals surface area contributed by atoms with Crippen LogP contribution >= 0.6 is 27.5 Å². The third kappa shape index (κ3) is 5.72. The van der Waals surface area contributed by atoms with Gasteiger partial charge in [0.1, 0.15) is 12.2 Å². The van der Waals surface area contributed by atoms with Crippen LogP contribution < -0.4 is 15.0 Å². The Balaban J connectivity index is 1.46. The van der Waals surface area contributed by atoms with Crippen molar-refractivity contribution in [2.75, 3.05) is 7.11 Å². The van der Waals surface area contributed by atoms with Gasteiger partial charge in [0.2, 0.25) is 5.82 Å². The molecule has 0 fully saturated rings. The second-order valence-electron chi connectivity index (χ2n) is 9.35. The highest BCUT2D eigenvalue weighted by atomic mass is 79.9. The fourth-order valence-electron chi connectivity index (χ4n) is 4.54. The maximum atomic E-state index is 13.7. The molecule has 43 heavy (non-hydrogen) atoms. The summed E-state index contributed by atoms with van der Waals surface area (Å²) in [5, 5.41) is 17.4. The third-order valence-corrected chi connectivity index (χ3v) is 7.23. The smallest absolute Gasteiger partial charge is 0.282 e. The second kappa shape index (κ2) is 11.7. The van der Waals surface area contributed by atoms with Crippen LogP contribution in [0.25, 0.3) is 33.5 Å². The predicted molar refractivity (Wildman–Crippen MR) is 167 cm³/mol. The van der Waals surface area contributed by atoms with E-state index < -0.39 is 10.5 Å². The van der Waals surface area contributed by atoms with E-state index in [0.29, 0.717) is 54.4 Å². The molecule has 0 amide bonds. The monoisotopic (exact) mass is 658 g/mol. The standard InChI is InChI=1S/C31H20BrClN4O6/c1-41-27-15-21(32)12-20(29(27)42-17-18-5-4-6-23(11-18)37(39)40)16-34-36-30(35-25-8-3-2-7-24(25)31(36)38)28-14-19-13-22(33)9-10-26(19)43-28/h2-16H,17H2,1H3. The molecule has 6 aromatic rings. The number of nitro benzene ring substituents is 1. The van der Waals surface area contributed by atoms with Crippen molar-refractivity contribution >= 4 is 61.3 Å². The number of nitrogens with zero attached hydrogens (tertiary/aromatic N) is 4. The van der Waals surface area contributed by atoms with Crippen molar-refractivity contribution in [3.8, 4) is 23.1 Å². The maximum absolute atomic E-state index is 13.7. The van der Waals surface area contributed by atoms with Crippen molar-refractivity contribution in [1.82, 2.24) is 9.66 Å². The fourth-order valence-corrected chi connectivity index (χ4v) is 5.18. The van der Waals surface area contributed by atoms with Gasteiger partial charge in [-0.15, -0.1) is 0 Å². The van der Waals surface area contributed by atoms with E-state index in [1.807, 2.05) is 0 Å². The molecule has 214 valence electrons. The third-order valence-electron chi connectivity index (χ3n) is 6.54. The summed E-state index contributed by atoms with van der Waals surface area (Å²) in [5.41, 5.74) is 1.66. The molecule has 2 aromatic heterocycles. The first-order chi connectivity index (χ1) is 20.8. The molecule has 2 heterocycles. The molecule has 0 unspecified atom stereocenters. The molecule has 6 rings (SSSR count). The summed E-state index contributed by atoms with van der Waals surface area (Å²) in [4.78, 5) is 29.2. The minimum Gasteiger partial charge on any atom is -0.493 e. The van der Waals surface area contributed by atoms with Gasteiger partial charge in [-0.25, -0.2) is 4.98 Å². The number of nitro groups is 1. The van der Waals surface area contributed by atoms with Crippen molar-refractivity contribution in [3.63, 3.8) is 0 Å². The molecule has 0 aliphatic rings. The van der Waals surface area contributed by atoms with Gasteiger partial charge in [-0.2, -0.15) is 9.78 Å². The number of hydrogen-bond donors (Lipinski definition) is 0. The topological polar surface area (TPSA) is 122 Å². The molecule has 0 saturated heterocycles. The van der Waals surface area contributed by atoms with Crippen molar-refractivity contribution in [2.45, 2.75) is 6.61 Å². The maximum Gasteiger partial charge on any atom is 0.282 e. The lowest BCUT2D eigenvalue weighted by atomic mass is 10.2. The molecule has 0 spiro atoms. The average Bonchev–Trinajstić information content (AvgIpc) is 3.43. The van der Waals surface area contributed by atoms with Gasteiger partial charge in [0.25, 0.3) is 11.2 Å². The number of fused-ring (bicyclic) bond motifs is 2. The zero-order valence-corrected chi connectivity index (χ0v) is 24.7. The summed E-state index contributed by atoms with van der Waals surface area (Å²) in [6, 6.07) is 23.5. The summed E-state index contributed by atoms with van der Waals surface area (Å²) in [7, 11) is 1.49. The highest BCUT2D eigenvalue weighted by Gasteiger charge is 2.18. The Hall–Kier alpha value is -5.00. The molecule has 10 nitrogen and oxygen atoms in total. The number of para-hydroxylation sites is 1. The highest BCUT2D eigenvalue weighted by molar-refractivity contribution is 9.10. The molecule has 0 saturated carbocycles. The number of benzene rings is 4. The Morgan fingerprint density at radius 1 is 1.09 bits per heavy atom. The van der Waals surface area contributed by atoms with Gasteiger partial charge >= 0.3 is 0 Å². The van der Waals surface area contributed by atoms with Crippen molar-refractivity contribution in [2.24, 2.45) is 5.10 Å². The average molecular weight is 660 g/mol. The van der Waals surface area contributed by atoms with E-state index in [9.17, 15) is 14.9 Å². The summed E-state index contributed by atoms with van der Waals surface area (Å²) >= 11 is 9.65. The lowest BCUT2D eigenvalue weighted by molar-refractivity contribution is -0.384.